The van der Waals surface area contributed by atoms with Crippen molar-refractivity contribution < 1.29 is 13.5 Å². The van der Waals surface area contributed by atoms with E-state index in [-0.39, 0.29) is 6.04 Å². The lowest BCUT2D eigenvalue weighted by Gasteiger charge is -2.30. The Hall–Kier alpha value is -0.170. The maximum Gasteiger partial charge on any atom is 0.279 e. The van der Waals surface area contributed by atoms with Crippen LogP contribution in [0.5, 0.6) is 0 Å². The maximum atomic E-state index is 11.9. The molecule has 0 heterocycles. The highest BCUT2D eigenvalue weighted by Crippen LogP contribution is 2.19. The van der Waals surface area contributed by atoms with Gasteiger partial charge in [-0.05, 0) is 12.8 Å². The van der Waals surface area contributed by atoms with Gasteiger partial charge in [0, 0.05) is 19.1 Å². The van der Waals surface area contributed by atoms with Gasteiger partial charge in [0.1, 0.15) is 0 Å². The lowest BCUT2D eigenvalue weighted by atomic mass is 9.93. The first-order chi connectivity index (χ1) is 7.51. The Labute approximate surface area is 98.0 Å². The van der Waals surface area contributed by atoms with Gasteiger partial charge in [-0.2, -0.15) is 17.4 Å². The molecule has 2 N–H and O–H groups in total. The fraction of sp³-hybridized carbons (Fsp3) is 1.00. The molecule has 0 aliphatic heterocycles. The Bertz CT molecular complexity index is 301. The quantitative estimate of drug-likeness (QED) is 0.745. The molecule has 0 saturated heterocycles. The maximum absolute atomic E-state index is 11.9. The lowest BCUT2D eigenvalue weighted by Crippen LogP contribution is -2.50. The van der Waals surface area contributed by atoms with Crippen molar-refractivity contribution in [1.29, 1.82) is 0 Å². The van der Waals surface area contributed by atoms with E-state index in [4.69, 9.17) is 0 Å². The molecule has 96 valence electrons. The van der Waals surface area contributed by atoms with Crippen molar-refractivity contribution >= 4 is 10.2 Å². The van der Waals surface area contributed by atoms with Gasteiger partial charge in [-0.25, -0.2) is 0 Å². The summed E-state index contributed by atoms with van der Waals surface area (Å²) in [5, 5.41) is 9.71. The van der Waals surface area contributed by atoms with Crippen molar-refractivity contribution in [1.82, 2.24) is 9.03 Å². The summed E-state index contributed by atoms with van der Waals surface area (Å²) < 4.78 is 27.8. The molecule has 1 saturated carbocycles. The predicted octanol–water partition coefficient (Wildman–Crippen LogP) is 0.466. The van der Waals surface area contributed by atoms with Gasteiger partial charge in [-0.15, -0.1) is 0 Å². The average Bonchev–Trinajstić information content (AvgIpc) is 2.22. The largest absolute Gasteiger partial charge is 0.391 e. The molecule has 0 aromatic rings. The topological polar surface area (TPSA) is 69.6 Å². The van der Waals surface area contributed by atoms with Crippen LogP contribution in [0, 0.1) is 0 Å². The first kappa shape index (κ1) is 13.9. The second-order valence-electron chi connectivity index (χ2n) is 4.17. The summed E-state index contributed by atoms with van der Waals surface area (Å²) in [5.41, 5.74) is 0. The fourth-order valence-electron chi connectivity index (χ4n) is 2.08. The lowest BCUT2D eigenvalue weighted by molar-refractivity contribution is 0.100. The summed E-state index contributed by atoms with van der Waals surface area (Å²) in [5.74, 6) is 0. The number of nitrogens with zero attached hydrogens (tertiary/aromatic N) is 1. The fourth-order valence-corrected chi connectivity index (χ4v) is 3.56. The molecule has 1 fully saturated rings. The average molecular weight is 250 g/mol. The normalized spacial score (nSPS) is 27.2. The molecule has 1 rings (SSSR count). The van der Waals surface area contributed by atoms with Gasteiger partial charge < -0.3 is 5.11 Å². The monoisotopic (exact) mass is 250 g/mol. The van der Waals surface area contributed by atoms with Gasteiger partial charge in [0.25, 0.3) is 10.2 Å². The van der Waals surface area contributed by atoms with Gasteiger partial charge in [0.05, 0.1) is 6.10 Å². The van der Waals surface area contributed by atoms with E-state index in [0.29, 0.717) is 19.5 Å². The van der Waals surface area contributed by atoms with E-state index in [1.165, 1.54) is 4.31 Å². The van der Waals surface area contributed by atoms with Gasteiger partial charge in [0.15, 0.2) is 0 Å². The zero-order valence-corrected chi connectivity index (χ0v) is 10.8. The second-order valence-corrected chi connectivity index (χ2v) is 5.87. The summed E-state index contributed by atoms with van der Waals surface area (Å²) in [6.45, 7) is 4.52. The number of aliphatic hydroxyl groups is 1. The third-order valence-electron chi connectivity index (χ3n) is 3.08. The van der Waals surface area contributed by atoms with Crippen molar-refractivity contribution in [2.45, 2.75) is 51.7 Å². The molecule has 2 atom stereocenters. The summed E-state index contributed by atoms with van der Waals surface area (Å²) in [6, 6.07) is -0.320. The molecule has 0 spiro atoms. The summed E-state index contributed by atoms with van der Waals surface area (Å²) in [4.78, 5) is 0. The second kappa shape index (κ2) is 5.95. The molecule has 0 bridgehead atoms. The van der Waals surface area contributed by atoms with Gasteiger partial charge in [-0.3, -0.25) is 0 Å². The molecule has 5 nitrogen and oxygen atoms in total. The Morgan fingerprint density at radius 1 is 1.25 bits per heavy atom. The van der Waals surface area contributed by atoms with Crippen LogP contribution >= 0.6 is 0 Å². The van der Waals surface area contributed by atoms with Crippen molar-refractivity contribution in [2.24, 2.45) is 0 Å². The van der Waals surface area contributed by atoms with E-state index in [1.807, 2.05) is 0 Å². The van der Waals surface area contributed by atoms with E-state index in [1.54, 1.807) is 13.8 Å². The van der Waals surface area contributed by atoms with Crippen molar-refractivity contribution in [3.05, 3.63) is 0 Å². The third kappa shape index (κ3) is 3.41. The molecule has 0 unspecified atom stereocenters. The predicted molar refractivity (Wildman–Crippen MR) is 63.2 cm³/mol. The standard InChI is InChI=1S/C10H22N2O3S/c1-3-12(4-2)16(14,15)11-9-7-5-6-8-10(9)13/h9-11,13H,3-8H2,1-2H3/t9-,10-/m1/s1. The van der Waals surface area contributed by atoms with Crippen molar-refractivity contribution in [2.75, 3.05) is 13.1 Å². The highest BCUT2D eigenvalue weighted by molar-refractivity contribution is 7.87. The highest BCUT2D eigenvalue weighted by atomic mass is 32.2. The van der Waals surface area contributed by atoms with Crippen LogP contribution in [0.2, 0.25) is 0 Å². The van der Waals surface area contributed by atoms with E-state index >= 15 is 0 Å². The molecule has 0 aromatic carbocycles. The van der Waals surface area contributed by atoms with Crippen LogP contribution in [0.15, 0.2) is 0 Å². The van der Waals surface area contributed by atoms with Crippen molar-refractivity contribution in [3.8, 4) is 0 Å². The summed E-state index contributed by atoms with van der Waals surface area (Å²) >= 11 is 0. The van der Waals surface area contributed by atoms with E-state index in [0.717, 1.165) is 19.3 Å². The van der Waals surface area contributed by atoms with Crippen molar-refractivity contribution in [3.63, 3.8) is 0 Å². The molecule has 16 heavy (non-hydrogen) atoms. The zero-order chi connectivity index (χ0) is 12.2. The zero-order valence-electron chi connectivity index (χ0n) is 10.0. The Kier molecular flexibility index (Phi) is 5.17. The summed E-state index contributed by atoms with van der Waals surface area (Å²) in [6.07, 6.45) is 2.82. The molecular formula is C10H22N2O3S. The first-order valence-corrected chi connectivity index (χ1v) is 7.40. The van der Waals surface area contributed by atoms with Crippen LogP contribution in [0.25, 0.3) is 0 Å². The van der Waals surface area contributed by atoms with Crippen LogP contribution < -0.4 is 4.72 Å². The molecule has 0 radical (unpaired) electrons. The van der Waals surface area contributed by atoms with Gasteiger partial charge >= 0.3 is 0 Å². The SMILES string of the molecule is CCN(CC)S(=O)(=O)N[C@@H]1CCCC[C@H]1O. The molecule has 0 amide bonds. The third-order valence-corrected chi connectivity index (χ3v) is 4.87. The van der Waals surface area contributed by atoms with E-state index < -0.39 is 16.3 Å². The van der Waals surface area contributed by atoms with E-state index in [2.05, 4.69) is 4.72 Å². The number of hydrogen-bond acceptors (Lipinski definition) is 3. The Balaban J connectivity index is 2.63. The molecular weight excluding hydrogens is 228 g/mol. The number of hydrogen-bond donors (Lipinski definition) is 2. The number of rotatable bonds is 5. The molecule has 1 aliphatic rings. The number of aliphatic hydroxyl groups excluding tert-OH is 1. The Morgan fingerprint density at radius 3 is 2.31 bits per heavy atom. The molecule has 6 heteroatoms. The minimum absolute atomic E-state index is 0.320. The summed E-state index contributed by atoms with van der Waals surface area (Å²) in [7, 11) is -3.43. The highest BCUT2D eigenvalue weighted by Gasteiger charge is 2.29. The molecule has 0 aromatic heterocycles. The van der Waals surface area contributed by atoms with Crippen LogP contribution in [-0.4, -0.2) is 43.1 Å². The first-order valence-electron chi connectivity index (χ1n) is 5.96. The van der Waals surface area contributed by atoms with Crippen LogP contribution in [-0.2, 0) is 10.2 Å². The van der Waals surface area contributed by atoms with E-state index in [9.17, 15) is 13.5 Å². The Morgan fingerprint density at radius 2 is 1.81 bits per heavy atom. The minimum atomic E-state index is -3.43. The van der Waals surface area contributed by atoms with Gasteiger partial charge in [0.2, 0.25) is 0 Å². The number of nitrogens with one attached hydrogen (secondary N) is 1. The minimum Gasteiger partial charge on any atom is -0.391 e. The van der Waals surface area contributed by atoms with Crippen LogP contribution in [0.4, 0.5) is 0 Å². The van der Waals surface area contributed by atoms with Gasteiger partial charge in [-0.1, -0.05) is 26.7 Å². The van der Waals surface area contributed by atoms with Crippen LogP contribution in [0.1, 0.15) is 39.5 Å². The van der Waals surface area contributed by atoms with Crippen LogP contribution in [0.3, 0.4) is 0 Å². The smallest absolute Gasteiger partial charge is 0.279 e. The molecule has 1 aliphatic carbocycles.